The van der Waals surface area contributed by atoms with Gasteiger partial charge in [-0.2, -0.15) is 0 Å². The lowest BCUT2D eigenvalue weighted by Gasteiger charge is -1.92. The third kappa shape index (κ3) is 2.69. The van der Waals surface area contributed by atoms with E-state index < -0.39 is 16.8 Å². The Labute approximate surface area is 78.0 Å². The van der Waals surface area contributed by atoms with Crippen LogP contribution in [0.3, 0.4) is 0 Å². The second-order valence-electron chi connectivity index (χ2n) is 2.48. The fraction of sp³-hybridized carbons (Fsp3) is 0.375. The summed E-state index contributed by atoms with van der Waals surface area (Å²) < 4.78 is 16.0. The van der Waals surface area contributed by atoms with Crippen LogP contribution in [0, 0.1) is 0 Å². The van der Waals surface area contributed by atoms with Gasteiger partial charge in [0.2, 0.25) is 0 Å². The van der Waals surface area contributed by atoms with Gasteiger partial charge in [0.1, 0.15) is 12.0 Å². The van der Waals surface area contributed by atoms with Gasteiger partial charge in [0.25, 0.3) is 0 Å². The molecule has 4 nitrogen and oxygen atoms in total. The van der Waals surface area contributed by atoms with Gasteiger partial charge >= 0.3 is 5.97 Å². The lowest BCUT2D eigenvalue weighted by Crippen LogP contribution is -1.96. The van der Waals surface area contributed by atoms with Crippen molar-refractivity contribution in [1.82, 2.24) is 0 Å². The average molecular weight is 202 g/mol. The van der Waals surface area contributed by atoms with E-state index in [0.717, 1.165) is 6.26 Å². The predicted molar refractivity (Wildman–Crippen MR) is 48.1 cm³/mol. The van der Waals surface area contributed by atoms with Crippen LogP contribution < -0.4 is 0 Å². The van der Waals surface area contributed by atoms with E-state index in [0.29, 0.717) is 11.5 Å². The van der Waals surface area contributed by atoms with E-state index in [4.69, 9.17) is 9.52 Å². The number of carbonyl (C=O) groups is 1. The highest BCUT2D eigenvalue weighted by atomic mass is 32.2. The molecular weight excluding hydrogens is 192 g/mol. The van der Waals surface area contributed by atoms with Crippen molar-refractivity contribution in [2.45, 2.75) is 12.7 Å². The van der Waals surface area contributed by atoms with E-state index in [1.54, 1.807) is 6.92 Å². The van der Waals surface area contributed by atoms with Crippen molar-refractivity contribution >= 4 is 16.8 Å². The molecule has 0 aliphatic rings. The molecular formula is C8H10O4S. The summed E-state index contributed by atoms with van der Waals surface area (Å²) in [4.78, 5) is 10.4. The fourth-order valence-electron chi connectivity index (χ4n) is 0.829. The van der Waals surface area contributed by atoms with Gasteiger partial charge in [0, 0.05) is 16.6 Å². The molecule has 0 saturated heterocycles. The van der Waals surface area contributed by atoms with Crippen LogP contribution in [0.25, 0.3) is 0 Å². The molecule has 0 spiro atoms. The molecule has 1 rings (SSSR count). The van der Waals surface area contributed by atoms with Crippen LogP contribution >= 0.6 is 0 Å². The Morgan fingerprint density at radius 2 is 2.38 bits per heavy atom. The first-order valence-corrected chi connectivity index (χ1v) is 5.28. The third-order valence-electron chi connectivity index (χ3n) is 1.53. The standard InChI is InChI=1S/C8H10O4S/c1-2-13(11)5-7-3-6(4-12-7)8(9)10/h3-4H,2,5H2,1H3,(H,9,10). The number of furan rings is 1. The van der Waals surface area contributed by atoms with Crippen molar-refractivity contribution in [3.05, 3.63) is 23.7 Å². The summed E-state index contributed by atoms with van der Waals surface area (Å²) in [6.07, 6.45) is 1.16. The zero-order chi connectivity index (χ0) is 9.84. The molecule has 1 atom stereocenters. The minimum Gasteiger partial charge on any atom is -0.478 e. The first kappa shape index (κ1) is 9.98. The molecule has 1 aromatic rings. The second kappa shape index (κ2) is 4.23. The molecule has 72 valence electrons. The number of rotatable bonds is 4. The summed E-state index contributed by atoms with van der Waals surface area (Å²) in [5, 5.41) is 8.55. The van der Waals surface area contributed by atoms with Crippen LogP contribution in [0.15, 0.2) is 16.7 Å². The lowest BCUT2D eigenvalue weighted by molar-refractivity contribution is 0.0696. The van der Waals surface area contributed by atoms with Gasteiger partial charge in [0.05, 0.1) is 11.3 Å². The number of aromatic carboxylic acids is 1. The van der Waals surface area contributed by atoms with E-state index >= 15 is 0 Å². The fourth-order valence-corrected chi connectivity index (χ4v) is 1.50. The van der Waals surface area contributed by atoms with Gasteiger partial charge < -0.3 is 9.52 Å². The summed E-state index contributed by atoms with van der Waals surface area (Å²) >= 11 is 0. The summed E-state index contributed by atoms with van der Waals surface area (Å²) in [5.41, 5.74) is 0.100. The van der Waals surface area contributed by atoms with Gasteiger partial charge in [-0.25, -0.2) is 4.79 Å². The minimum absolute atomic E-state index is 0.100. The van der Waals surface area contributed by atoms with Crippen molar-refractivity contribution in [1.29, 1.82) is 0 Å². The van der Waals surface area contributed by atoms with Crippen molar-refractivity contribution in [2.24, 2.45) is 0 Å². The number of carboxylic acid groups (broad SMARTS) is 1. The van der Waals surface area contributed by atoms with Gasteiger partial charge in [-0.15, -0.1) is 0 Å². The SMILES string of the molecule is CCS(=O)Cc1cc(C(=O)O)co1. The zero-order valence-corrected chi connectivity index (χ0v) is 7.97. The van der Waals surface area contributed by atoms with Crippen molar-refractivity contribution in [3.63, 3.8) is 0 Å². The molecule has 0 aliphatic carbocycles. The third-order valence-corrected chi connectivity index (χ3v) is 2.78. The lowest BCUT2D eigenvalue weighted by atomic mass is 10.3. The molecule has 13 heavy (non-hydrogen) atoms. The Morgan fingerprint density at radius 3 is 2.85 bits per heavy atom. The Balaban J connectivity index is 2.69. The van der Waals surface area contributed by atoms with Crippen molar-refractivity contribution in [2.75, 3.05) is 5.75 Å². The van der Waals surface area contributed by atoms with Crippen LogP contribution in [-0.2, 0) is 16.6 Å². The molecule has 0 saturated carbocycles. The van der Waals surface area contributed by atoms with Gasteiger partial charge in [-0.3, -0.25) is 4.21 Å². The first-order valence-electron chi connectivity index (χ1n) is 3.79. The van der Waals surface area contributed by atoms with E-state index in [1.807, 2.05) is 0 Å². The molecule has 1 N–H and O–H groups in total. The smallest absolute Gasteiger partial charge is 0.338 e. The van der Waals surface area contributed by atoms with Crippen LogP contribution in [0.2, 0.25) is 0 Å². The second-order valence-corrected chi connectivity index (χ2v) is 4.23. The maximum atomic E-state index is 11.1. The summed E-state index contributed by atoms with van der Waals surface area (Å²) in [5.74, 6) is 0.252. The minimum atomic E-state index is -1.03. The predicted octanol–water partition coefficient (Wildman–Crippen LogP) is 1.25. The highest BCUT2D eigenvalue weighted by molar-refractivity contribution is 7.84. The summed E-state index contributed by atoms with van der Waals surface area (Å²) in [6, 6.07) is 1.40. The largest absolute Gasteiger partial charge is 0.478 e. The summed E-state index contributed by atoms with van der Waals surface area (Å²) in [6.45, 7) is 1.80. The highest BCUT2D eigenvalue weighted by Crippen LogP contribution is 2.09. The molecule has 0 fully saturated rings. The van der Waals surface area contributed by atoms with Crippen LogP contribution in [0.1, 0.15) is 23.0 Å². The van der Waals surface area contributed by atoms with Crippen LogP contribution in [0.4, 0.5) is 0 Å². The number of hydrogen-bond donors (Lipinski definition) is 1. The van der Waals surface area contributed by atoms with E-state index in [9.17, 15) is 9.00 Å². The number of hydrogen-bond acceptors (Lipinski definition) is 3. The van der Waals surface area contributed by atoms with E-state index in [1.165, 1.54) is 6.07 Å². The molecule has 1 aromatic heterocycles. The van der Waals surface area contributed by atoms with E-state index in [2.05, 4.69) is 0 Å². The Bertz CT molecular complexity index is 329. The zero-order valence-electron chi connectivity index (χ0n) is 7.15. The highest BCUT2D eigenvalue weighted by Gasteiger charge is 2.09. The maximum Gasteiger partial charge on any atom is 0.338 e. The van der Waals surface area contributed by atoms with Gasteiger partial charge in [0.15, 0.2) is 0 Å². The molecule has 0 bridgehead atoms. The molecule has 5 heteroatoms. The van der Waals surface area contributed by atoms with E-state index in [-0.39, 0.29) is 11.3 Å². The van der Waals surface area contributed by atoms with Gasteiger partial charge in [-0.05, 0) is 6.07 Å². The van der Waals surface area contributed by atoms with Gasteiger partial charge in [-0.1, -0.05) is 6.92 Å². The quantitative estimate of drug-likeness (QED) is 0.797. The average Bonchev–Trinajstić information content (AvgIpc) is 2.52. The Morgan fingerprint density at radius 1 is 1.69 bits per heavy atom. The topological polar surface area (TPSA) is 67.5 Å². The normalized spacial score (nSPS) is 12.7. The maximum absolute atomic E-state index is 11.1. The molecule has 0 aliphatic heterocycles. The Kier molecular flexibility index (Phi) is 3.25. The first-order chi connectivity index (χ1) is 6.13. The van der Waals surface area contributed by atoms with Crippen molar-refractivity contribution < 1.29 is 18.5 Å². The number of carboxylic acids is 1. The molecule has 1 heterocycles. The van der Waals surface area contributed by atoms with Crippen LogP contribution in [0.5, 0.6) is 0 Å². The Hall–Kier alpha value is -1.10. The molecule has 0 aromatic carbocycles. The molecule has 0 radical (unpaired) electrons. The monoisotopic (exact) mass is 202 g/mol. The van der Waals surface area contributed by atoms with Crippen molar-refractivity contribution in [3.8, 4) is 0 Å². The van der Waals surface area contributed by atoms with Crippen LogP contribution in [-0.4, -0.2) is 21.0 Å². The summed E-state index contributed by atoms with van der Waals surface area (Å²) in [7, 11) is -0.965. The molecule has 1 unspecified atom stereocenters. The molecule has 0 amide bonds.